The number of rotatable bonds is 14. The van der Waals surface area contributed by atoms with Crippen LogP contribution in [0.3, 0.4) is 0 Å². The third-order valence-electron chi connectivity index (χ3n) is 5.18. The molecule has 0 aliphatic carbocycles. The van der Waals surface area contributed by atoms with E-state index in [-0.39, 0.29) is 54.3 Å². The molecule has 204 valence electrons. The molecule has 0 saturated heterocycles. The number of halogens is 1. The van der Waals surface area contributed by atoms with Crippen molar-refractivity contribution in [3.63, 3.8) is 0 Å². The third kappa shape index (κ3) is 12.0. The van der Waals surface area contributed by atoms with Gasteiger partial charge in [-0.25, -0.2) is 9.18 Å². The standard InChI is InChI=1S/C25H34FN3O7S/c1-15(30)10-12-19(16(2)31)27-24(37)28-20(23(33)36-25(3,4)5)8-6-7-9-22(32)18-14-17(26)11-13-21(18)29(34)35/h11,13-14,19-20H,6-10,12H2,1-5H3,(H2,27,28,37)/t19-,20-/m0/s1/i26-1. The van der Waals surface area contributed by atoms with Gasteiger partial charge in [0, 0.05) is 18.9 Å². The molecular formula is C25H34FN3O7S. The number of esters is 1. The van der Waals surface area contributed by atoms with E-state index in [1.807, 2.05) is 0 Å². The fraction of sp³-hybridized carbons (Fsp3) is 0.560. The first-order valence-electron chi connectivity index (χ1n) is 11.9. The summed E-state index contributed by atoms with van der Waals surface area (Å²) in [6, 6.07) is 1.09. The van der Waals surface area contributed by atoms with Crippen LogP contribution >= 0.6 is 12.2 Å². The van der Waals surface area contributed by atoms with E-state index in [1.165, 1.54) is 13.8 Å². The number of thiocarbonyl (C=S) groups is 1. The van der Waals surface area contributed by atoms with Crippen LogP contribution in [0.1, 0.15) is 83.5 Å². The Morgan fingerprint density at radius 3 is 2.22 bits per heavy atom. The zero-order valence-corrected chi connectivity index (χ0v) is 22.5. The van der Waals surface area contributed by atoms with Crippen LogP contribution in [0, 0.1) is 15.9 Å². The maximum Gasteiger partial charge on any atom is 0.329 e. The van der Waals surface area contributed by atoms with Gasteiger partial charge in [-0.2, -0.15) is 0 Å². The van der Waals surface area contributed by atoms with Crippen molar-refractivity contribution in [3.8, 4) is 0 Å². The van der Waals surface area contributed by atoms with Gasteiger partial charge >= 0.3 is 5.97 Å². The molecule has 2 atom stereocenters. The molecule has 0 heterocycles. The summed E-state index contributed by atoms with van der Waals surface area (Å²) in [5, 5.41) is 16.9. The van der Waals surface area contributed by atoms with Crippen LogP contribution < -0.4 is 10.6 Å². The number of nitrogens with zero attached hydrogens (tertiary/aromatic N) is 1. The first kappa shape index (κ1) is 31.7. The summed E-state index contributed by atoms with van der Waals surface area (Å²) in [5.74, 6) is -2.22. The first-order chi connectivity index (χ1) is 17.1. The van der Waals surface area contributed by atoms with E-state index >= 15 is 0 Å². The molecule has 10 nitrogen and oxygen atoms in total. The van der Waals surface area contributed by atoms with E-state index in [9.17, 15) is 33.7 Å². The van der Waals surface area contributed by atoms with Crippen LogP contribution in [0.15, 0.2) is 18.2 Å². The molecule has 1 aromatic carbocycles. The number of ketones is 3. The lowest BCUT2D eigenvalue weighted by Crippen LogP contribution is -2.51. The molecular weight excluding hydrogens is 504 g/mol. The summed E-state index contributed by atoms with van der Waals surface area (Å²) >= 11 is 5.28. The van der Waals surface area contributed by atoms with Gasteiger partial charge in [0.25, 0.3) is 5.69 Å². The topological polar surface area (TPSA) is 145 Å². The van der Waals surface area contributed by atoms with Crippen molar-refractivity contribution >= 4 is 46.3 Å². The Labute approximate surface area is 220 Å². The quantitative estimate of drug-likeness (QED) is 0.0891. The summed E-state index contributed by atoms with van der Waals surface area (Å²) in [7, 11) is 0. The molecule has 2 N–H and O–H groups in total. The molecule has 0 saturated carbocycles. The summed E-state index contributed by atoms with van der Waals surface area (Å²) in [6.07, 6.45) is 1.15. The molecule has 0 aliphatic heterocycles. The Kier molecular flexibility index (Phi) is 12.4. The molecule has 0 spiro atoms. The lowest BCUT2D eigenvalue weighted by Gasteiger charge is -2.26. The number of benzene rings is 1. The van der Waals surface area contributed by atoms with Crippen molar-refractivity contribution in [3.05, 3.63) is 39.7 Å². The van der Waals surface area contributed by atoms with Gasteiger partial charge in [0.2, 0.25) is 0 Å². The Bertz CT molecular complexity index is 1040. The second kappa shape index (κ2) is 14.5. The van der Waals surface area contributed by atoms with Crippen molar-refractivity contribution in [2.24, 2.45) is 0 Å². The lowest BCUT2D eigenvalue weighted by molar-refractivity contribution is -0.385. The summed E-state index contributed by atoms with van der Waals surface area (Å²) in [6.45, 7) is 7.90. The minimum atomic E-state index is -0.904. The van der Waals surface area contributed by atoms with Gasteiger partial charge in [-0.15, -0.1) is 0 Å². The van der Waals surface area contributed by atoms with Crippen LogP contribution in [-0.4, -0.2) is 51.0 Å². The van der Waals surface area contributed by atoms with Gasteiger partial charge < -0.3 is 20.2 Å². The number of Topliss-reactive ketones (excluding diaryl/α,β-unsaturated/α-hetero) is 3. The van der Waals surface area contributed by atoms with Crippen molar-refractivity contribution < 1.29 is 33.2 Å². The van der Waals surface area contributed by atoms with Crippen molar-refractivity contribution in [2.45, 2.75) is 90.8 Å². The summed E-state index contributed by atoms with van der Waals surface area (Å²) in [5.41, 5.74) is -1.55. The number of hydrogen-bond donors (Lipinski definition) is 2. The minimum absolute atomic E-state index is 0.0334. The van der Waals surface area contributed by atoms with Crippen LogP contribution in [0.4, 0.5) is 10.1 Å². The van der Waals surface area contributed by atoms with Crippen molar-refractivity contribution in [1.29, 1.82) is 0 Å². The fourth-order valence-corrected chi connectivity index (χ4v) is 3.65. The predicted octanol–water partition coefficient (Wildman–Crippen LogP) is 3.98. The molecule has 0 unspecified atom stereocenters. The molecule has 0 amide bonds. The smallest absolute Gasteiger partial charge is 0.329 e. The monoisotopic (exact) mass is 538 g/mol. The third-order valence-corrected chi connectivity index (χ3v) is 5.42. The zero-order chi connectivity index (χ0) is 28.3. The van der Waals surface area contributed by atoms with Gasteiger partial charge in [0.05, 0.1) is 16.5 Å². The number of nitro benzene ring substituents is 1. The minimum Gasteiger partial charge on any atom is -0.458 e. The highest BCUT2D eigenvalue weighted by Gasteiger charge is 2.27. The zero-order valence-electron chi connectivity index (χ0n) is 21.7. The van der Waals surface area contributed by atoms with Crippen LogP contribution in [0.25, 0.3) is 0 Å². The van der Waals surface area contributed by atoms with Crippen molar-refractivity contribution in [1.82, 2.24) is 10.6 Å². The van der Waals surface area contributed by atoms with E-state index in [1.54, 1.807) is 20.8 Å². The second-order valence-corrected chi connectivity index (χ2v) is 10.1. The highest BCUT2D eigenvalue weighted by Crippen LogP contribution is 2.22. The maximum absolute atomic E-state index is 13.5. The van der Waals surface area contributed by atoms with E-state index in [2.05, 4.69) is 10.6 Å². The highest BCUT2D eigenvalue weighted by atomic mass is 32.1. The Hall–Kier alpha value is -3.28. The average Bonchev–Trinajstić information content (AvgIpc) is 2.76. The van der Waals surface area contributed by atoms with Crippen LogP contribution in [0.2, 0.25) is 0 Å². The van der Waals surface area contributed by atoms with Gasteiger partial charge in [0.15, 0.2) is 16.7 Å². The van der Waals surface area contributed by atoms with Crippen LogP contribution in [-0.2, 0) is 19.1 Å². The van der Waals surface area contributed by atoms with E-state index in [4.69, 9.17) is 17.0 Å². The Balaban J connectivity index is 2.83. The highest BCUT2D eigenvalue weighted by molar-refractivity contribution is 7.80. The van der Waals surface area contributed by atoms with Gasteiger partial charge in [-0.05, 0) is 78.2 Å². The maximum atomic E-state index is 13.5. The molecule has 0 bridgehead atoms. The molecule has 0 fully saturated rings. The van der Waals surface area contributed by atoms with Gasteiger partial charge in [-0.3, -0.25) is 19.7 Å². The normalized spacial score (nSPS) is 12.7. The average molecular weight is 539 g/mol. The van der Waals surface area contributed by atoms with Gasteiger partial charge in [0.1, 0.15) is 23.2 Å². The molecule has 0 radical (unpaired) electrons. The number of hydrogen-bond acceptors (Lipinski definition) is 8. The number of nitro groups is 1. The SMILES string of the molecule is CC(=O)CC[C@H](NC(=S)N[C@@H](CCCCC(=O)c1cc([18F])ccc1[N+](=O)[O-])C(=O)OC(C)(C)C)C(C)=O. The predicted molar refractivity (Wildman–Crippen MR) is 139 cm³/mol. The van der Waals surface area contributed by atoms with E-state index in [0.717, 1.165) is 18.2 Å². The Morgan fingerprint density at radius 2 is 1.68 bits per heavy atom. The number of nitrogens with one attached hydrogen (secondary N) is 2. The first-order valence-corrected chi connectivity index (χ1v) is 12.3. The fourth-order valence-electron chi connectivity index (χ4n) is 3.36. The molecule has 0 aromatic heterocycles. The van der Waals surface area contributed by atoms with E-state index < -0.39 is 45.9 Å². The Morgan fingerprint density at radius 1 is 1.05 bits per heavy atom. The summed E-state index contributed by atoms with van der Waals surface area (Å²) < 4.78 is 19.0. The van der Waals surface area contributed by atoms with Crippen molar-refractivity contribution in [2.75, 3.05) is 0 Å². The largest absolute Gasteiger partial charge is 0.458 e. The second-order valence-electron chi connectivity index (χ2n) is 9.70. The number of ether oxygens (including phenoxy) is 1. The number of carbonyl (C=O) groups is 4. The summed E-state index contributed by atoms with van der Waals surface area (Å²) in [4.78, 5) is 58.9. The molecule has 1 rings (SSSR count). The molecule has 1 aromatic rings. The lowest BCUT2D eigenvalue weighted by atomic mass is 10.0. The number of unbranched alkanes of at least 4 members (excludes halogenated alkanes) is 1. The molecule has 0 aliphatic rings. The molecule has 37 heavy (non-hydrogen) atoms. The van der Waals surface area contributed by atoms with Crippen LogP contribution in [0.5, 0.6) is 0 Å². The number of carbonyl (C=O) groups excluding carboxylic acids is 4. The van der Waals surface area contributed by atoms with E-state index in [0.29, 0.717) is 6.42 Å². The molecule has 12 heteroatoms. The van der Waals surface area contributed by atoms with Gasteiger partial charge in [-0.1, -0.05) is 6.42 Å².